The lowest BCUT2D eigenvalue weighted by Gasteiger charge is -2.24. The SMILES string of the molecule is COc1cc(F)ccc1CN=C1Nc2c(Cc3ccccc3Cl)cccc2S(=O)(=O)N1. The van der Waals surface area contributed by atoms with Gasteiger partial charge in [-0.15, -0.1) is 0 Å². The Bertz CT molecular complexity index is 1280. The van der Waals surface area contributed by atoms with Gasteiger partial charge >= 0.3 is 0 Å². The van der Waals surface area contributed by atoms with E-state index in [1.807, 2.05) is 24.3 Å². The Hall–Kier alpha value is -3.10. The number of hydrogen-bond donors (Lipinski definition) is 2. The number of halogens is 2. The van der Waals surface area contributed by atoms with Crippen molar-refractivity contribution in [2.24, 2.45) is 4.99 Å². The Morgan fingerprint density at radius 3 is 2.58 bits per heavy atom. The molecule has 0 amide bonds. The van der Waals surface area contributed by atoms with Gasteiger partial charge in [0.2, 0.25) is 5.96 Å². The van der Waals surface area contributed by atoms with Gasteiger partial charge in [-0.2, -0.15) is 0 Å². The van der Waals surface area contributed by atoms with Crippen LogP contribution in [0.5, 0.6) is 5.75 Å². The molecule has 0 spiro atoms. The fourth-order valence-electron chi connectivity index (χ4n) is 3.35. The van der Waals surface area contributed by atoms with Crippen LogP contribution in [0.15, 0.2) is 70.6 Å². The zero-order valence-electron chi connectivity index (χ0n) is 16.5. The van der Waals surface area contributed by atoms with E-state index in [0.29, 0.717) is 28.4 Å². The molecule has 2 N–H and O–H groups in total. The van der Waals surface area contributed by atoms with Crippen molar-refractivity contribution in [1.82, 2.24) is 4.72 Å². The second-order valence-corrected chi connectivity index (χ2v) is 8.97. The molecule has 9 heteroatoms. The molecular weight excluding hydrogens is 441 g/mol. The van der Waals surface area contributed by atoms with Gasteiger partial charge in [0, 0.05) is 23.1 Å². The maximum Gasteiger partial charge on any atom is 0.266 e. The lowest BCUT2D eigenvalue weighted by Crippen LogP contribution is -2.41. The van der Waals surface area contributed by atoms with Crippen LogP contribution in [-0.4, -0.2) is 21.5 Å². The number of fused-ring (bicyclic) bond motifs is 1. The van der Waals surface area contributed by atoms with Crippen molar-refractivity contribution in [3.63, 3.8) is 0 Å². The van der Waals surface area contributed by atoms with Crippen LogP contribution in [0.2, 0.25) is 5.02 Å². The molecule has 0 bridgehead atoms. The fourth-order valence-corrected chi connectivity index (χ4v) is 4.74. The van der Waals surface area contributed by atoms with Crippen molar-refractivity contribution in [3.05, 3.63) is 88.2 Å². The highest BCUT2D eigenvalue weighted by molar-refractivity contribution is 7.90. The van der Waals surface area contributed by atoms with Gasteiger partial charge in [-0.25, -0.2) is 22.5 Å². The summed E-state index contributed by atoms with van der Waals surface area (Å²) in [5.74, 6) is -0.0174. The molecule has 0 radical (unpaired) electrons. The van der Waals surface area contributed by atoms with Gasteiger partial charge in [-0.05, 0) is 29.3 Å². The van der Waals surface area contributed by atoms with Crippen LogP contribution in [0, 0.1) is 5.82 Å². The third-order valence-electron chi connectivity index (χ3n) is 4.87. The summed E-state index contributed by atoms with van der Waals surface area (Å²) in [7, 11) is -2.38. The molecule has 1 aliphatic rings. The maximum absolute atomic E-state index is 13.4. The van der Waals surface area contributed by atoms with E-state index in [1.165, 1.54) is 25.3 Å². The van der Waals surface area contributed by atoms with Crippen molar-refractivity contribution < 1.29 is 17.5 Å². The quantitative estimate of drug-likeness (QED) is 0.595. The summed E-state index contributed by atoms with van der Waals surface area (Å²) in [5, 5.41) is 3.69. The Morgan fingerprint density at radius 1 is 1.03 bits per heavy atom. The van der Waals surface area contributed by atoms with E-state index < -0.39 is 15.8 Å². The molecule has 1 heterocycles. The predicted molar refractivity (Wildman–Crippen MR) is 119 cm³/mol. The smallest absolute Gasteiger partial charge is 0.266 e. The number of guanidine groups is 1. The summed E-state index contributed by atoms with van der Waals surface area (Å²) in [6.45, 7) is 0.0936. The molecule has 0 aromatic heterocycles. The van der Waals surface area contributed by atoms with E-state index in [9.17, 15) is 12.8 Å². The number of ether oxygens (including phenoxy) is 1. The second-order valence-electron chi connectivity index (χ2n) is 6.91. The average Bonchev–Trinajstić information content (AvgIpc) is 2.74. The molecule has 160 valence electrons. The Labute approximate surface area is 184 Å². The third kappa shape index (κ3) is 4.50. The van der Waals surface area contributed by atoms with Crippen LogP contribution in [-0.2, 0) is 23.0 Å². The largest absolute Gasteiger partial charge is 0.496 e. The summed E-state index contributed by atoms with van der Waals surface area (Å²) in [6.07, 6.45) is 0.449. The number of methoxy groups -OCH3 is 1. The molecule has 4 rings (SSSR count). The molecule has 1 aliphatic heterocycles. The Kier molecular flexibility index (Phi) is 5.84. The van der Waals surface area contributed by atoms with Gasteiger partial charge in [0.05, 0.1) is 19.3 Å². The first-order valence-electron chi connectivity index (χ1n) is 9.39. The van der Waals surface area contributed by atoms with Gasteiger partial charge in [0.15, 0.2) is 0 Å². The summed E-state index contributed by atoms with van der Waals surface area (Å²) in [5.41, 5.74) is 2.71. The highest BCUT2D eigenvalue weighted by Crippen LogP contribution is 2.31. The zero-order chi connectivity index (χ0) is 22.0. The summed E-state index contributed by atoms with van der Waals surface area (Å²) in [4.78, 5) is 4.47. The molecule has 0 fully saturated rings. The fraction of sp³-hybridized carbons (Fsp3) is 0.136. The molecule has 0 unspecified atom stereocenters. The van der Waals surface area contributed by atoms with Gasteiger partial charge in [-0.3, -0.25) is 0 Å². The predicted octanol–water partition coefficient (Wildman–Crippen LogP) is 4.34. The van der Waals surface area contributed by atoms with Crippen molar-refractivity contribution in [2.45, 2.75) is 17.9 Å². The van der Waals surface area contributed by atoms with E-state index in [0.717, 1.165) is 11.1 Å². The first kappa shape index (κ1) is 21.1. The first-order chi connectivity index (χ1) is 14.9. The third-order valence-corrected chi connectivity index (χ3v) is 6.62. The maximum atomic E-state index is 13.4. The van der Waals surface area contributed by atoms with Crippen molar-refractivity contribution in [2.75, 3.05) is 12.4 Å². The molecular formula is C22H19ClFN3O3S. The van der Waals surface area contributed by atoms with E-state index in [-0.39, 0.29) is 17.4 Å². The van der Waals surface area contributed by atoms with Crippen molar-refractivity contribution in [3.8, 4) is 5.75 Å². The first-order valence-corrected chi connectivity index (χ1v) is 11.3. The molecule has 0 atom stereocenters. The number of benzene rings is 3. The average molecular weight is 460 g/mol. The topological polar surface area (TPSA) is 79.8 Å². The number of hydrogen-bond acceptors (Lipinski definition) is 4. The van der Waals surface area contributed by atoms with Crippen LogP contribution < -0.4 is 14.8 Å². The molecule has 6 nitrogen and oxygen atoms in total. The Morgan fingerprint density at radius 2 is 1.81 bits per heavy atom. The number of nitrogens with one attached hydrogen (secondary N) is 2. The standard InChI is InChI=1S/C22H19ClFN3O3S/c1-30-19-12-17(24)10-9-16(19)13-25-22-26-21-15(11-14-5-2-3-7-18(14)23)6-4-8-20(21)31(28,29)27-22/h2-10,12H,11,13H2,1H3,(H2,25,26,27). The van der Waals surface area contributed by atoms with Crippen molar-refractivity contribution in [1.29, 1.82) is 0 Å². The number of sulfonamides is 1. The van der Waals surface area contributed by atoms with Gasteiger partial charge in [0.25, 0.3) is 10.0 Å². The van der Waals surface area contributed by atoms with Crippen LogP contribution in [0.1, 0.15) is 16.7 Å². The molecule has 0 saturated heterocycles. The van der Waals surface area contributed by atoms with E-state index in [2.05, 4.69) is 15.0 Å². The minimum absolute atomic E-state index is 0.0745. The van der Waals surface area contributed by atoms with Crippen LogP contribution in [0.3, 0.4) is 0 Å². The van der Waals surface area contributed by atoms with Crippen LogP contribution >= 0.6 is 11.6 Å². The monoisotopic (exact) mass is 459 g/mol. The highest BCUT2D eigenvalue weighted by Gasteiger charge is 2.28. The summed E-state index contributed by atoms with van der Waals surface area (Å²) < 4.78 is 46.6. The number of aliphatic imine (C=N–C) groups is 1. The number of para-hydroxylation sites is 1. The lowest BCUT2D eigenvalue weighted by molar-refractivity contribution is 0.406. The summed E-state index contributed by atoms with van der Waals surface area (Å²) >= 11 is 6.29. The normalized spacial score (nSPS) is 15.6. The number of rotatable bonds is 5. The van der Waals surface area contributed by atoms with Crippen LogP contribution in [0.25, 0.3) is 0 Å². The Balaban J connectivity index is 1.67. The minimum Gasteiger partial charge on any atom is -0.496 e. The van der Waals surface area contributed by atoms with Gasteiger partial charge in [0.1, 0.15) is 16.5 Å². The zero-order valence-corrected chi connectivity index (χ0v) is 18.1. The van der Waals surface area contributed by atoms with E-state index in [1.54, 1.807) is 18.2 Å². The molecule has 3 aromatic rings. The minimum atomic E-state index is -3.81. The molecule has 0 saturated carbocycles. The van der Waals surface area contributed by atoms with E-state index >= 15 is 0 Å². The lowest BCUT2D eigenvalue weighted by atomic mass is 10.0. The second kappa shape index (κ2) is 8.56. The van der Waals surface area contributed by atoms with Gasteiger partial charge in [-0.1, -0.05) is 48.0 Å². The van der Waals surface area contributed by atoms with E-state index in [4.69, 9.17) is 16.3 Å². The number of anilines is 1. The molecule has 3 aromatic carbocycles. The molecule has 31 heavy (non-hydrogen) atoms. The molecule has 0 aliphatic carbocycles. The van der Waals surface area contributed by atoms with Crippen molar-refractivity contribution >= 4 is 33.3 Å². The van der Waals surface area contributed by atoms with Gasteiger partial charge < -0.3 is 10.1 Å². The number of nitrogens with zero attached hydrogens (tertiary/aromatic N) is 1. The highest BCUT2D eigenvalue weighted by atomic mass is 35.5. The van der Waals surface area contributed by atoms with Crippen LogP contribution in [0.4, 0.5) is 10.1 Å². The summed E-state index contributed by atoms with van der Waals surface area (Å²) in [6, 6.07) is 16.6.